The number of carbonyl (C=O) groups is 1. The van der Waals surface area contributed by atoms with E-state index in [1.54, 1.807) is 18.5 Å². The van der Waals surface area contributed by atoms with Gasteiger partial charge in [0, 0.05) is 35.7 Å². The van der Waals surface area contributed by atoms with E-state index in [1.165, 1.54) is 18.2 Å². The summed E-state index contributed by atoms with van der Waals surface area (Å²) in [7, 11) is 0. The van der Waals surface area contributed by atoms with Crippen LogP contribution in [-0.4, -0.2) is 15.7 Å². The van der Waals surface area contributed by atoms with E-state index in [0.29, 0.717) is 11.1 Å². The molecule has 0 aliphatic heterocycles. The minimum absolute atomic E-state index is 0.0709. The molecule has 0 saturated heterocycles. The van der Waals surface area contributed by atoms with Gasteiger partial charge in [0.1, 0.15) is 0 Å². The second-order valence-electron chi connectivity index (χ2n) is 4.28. The van der Waals surface area contributed by atoms with Crippen molar-refractivity contribution < 1.29 is 9.72 Å². The first-order valence-electron chi connectivity index (χ1n) is 6.08. The van der Waals surface area contributed by atoms with Crippen LogP contribution < -0.4 is 0 Å². The number of nitro groups is 1. The molecule has 0 aliphatic carbocycles. The van der Waals surface area contributed by atoms with Crippen molar-refractivity contribution >= 4 is 11.5 Å². The molecule has 0 aliphatic rings. The highest BCUT2D eigenvalue weighted by Crippen LogP contribution is 2.19. The van der Waals surface area contributed by atoms with E-state index in [1.807, 2.05) is 6.92 Å². The van der Waals surface area contributed by atoms with E-state index in [4.69, 9.17) is 0 Å². The first-order valence-corrected chi connectivity index (χ1v) is 6.08. The van der Waals surface area contributed by atoms with E-state index in [-0.39, 0.29) is 11.5 Å². The predicted molar refractivity (Wildman–Crippen MR) is 71.3 cm³/mol. The van der Waals surface area contributed by atoms with Crippen molar-refractivity contribution in [3.8, 4) is 0 Å². The largest absolute Gasteiger partial charge is 0.367 e. The molecule has 2 rings (SSSR count). The van der Waals surface area contributed by atoms with Crippen LogP contribution in [0.4, 0.5) is 5.69 Å². The number of aryl methyl sites for hydroxylation is 1. The Morgan fingerprint density at radius 3 is 2.84 bits per heavy atom. The lowest BCUT2D eigenvalue weighted by molar-refractivity contribution is -0.384. The number of nitrogens with one attached hydrogen (secondary N) is 1. The Kier molecular flexibility index (Phi) is 3.75. The lowest BCUT2D eigenvalue weighted by Crippen LogP contribution is -2.03. The Morgan fingerprint density at radius 1 is 1.37 bits per heavy atom. The molecule has 0 bridgehead atoms. The summed E-state index contributed by atoms with van der Waals surface area (Å²) in [6, 6.07) is 5.81. The molecular formula is C14H14N2O3. The van der Waals surface area contributed by atoms with Gasteiger partial charge in [0.15, 0.2) is 5.78 Å². The van der Waals surface area contributed by atoms with Gasteiger partial charge in [-0.15, -0.1) is 0 Å². The van der Waals surface area contributed by atoms with Gasteiger partial charge in [-0.1, -0.05) is 25.5 Å². The first kappa shape index (κ1) is 13.0. The van der Waals surface area contributed by atoms with Gasteiger partial charge in [0.05, 0.1) is 4.92 Å². The van der Waals surface area contributed by atoms with Crippen molar-refractivity contribution in [3.05, 3.63) is 63.5 Å². The van der Waals surface area contributed by atoms with E-state index in [2.05, 4.69) is 4.98 Å². The fourth-order valence-electron chi connectivity index (χ4n) is 2.00. The maximum absolute atomic E-state index is 12.3. The maximum Gasteiger partial charge on any atom is 0.270 e. The number of carbonyl (C=O) groups excluding carboxylic acids is 1. The molecule has 1 N–H and O–H groups in total. The second-order valence-corrected chi connectivity index (χ2v) is 4.28. The zero-order valence-corrected chi connectivity index (χ0v) is 10.6. The van der Waals surface area contributed by atoms with Gasteiger partial charge in [-0.3, -0.25) is 14.9 Å². The zero-order chi connectivity index (χ0) is 13.8. The number of aromatic amines is 1. The molecule has 0 amide bonds. The number of ketones is 1. The Labute approximate surface area is 110 Å². The van der Waals surface area contributed by atoms with Crippen LogP contribution in [0.2, 0.25) is 0 Å². The van der Waals surface area contributed by atoms with Crippen LogP contribution in [0.5, 0.6) is 0 Å². The summed E-state index contributed by atoms with van der Waals surface area (Å²) >= 11 is 0. The lowest BCUT2D eigenvalue weighted by Gasteiger charge is -2.02. The van der Waals surface area contributed by atoms with Crippen molar-refractivity contribution in [1.82, 2.24) is 4.98 Å². The molecule has 19 heavy (non-hydrogen) atoms. The summed E-state index contributed by atoms with van der Waals surface area (Å²) in [5, 5.41) is 10.7. The average molecular weight is 258 g/mol. The van der Waals surface area contributed by atoms with Gasteiger partial charge in [0.25, 0.3) is 5.69 Å². The number of benzene rings is 1. The summed E-state index contributed by atoms with van der Waals surface area (Å²) in [6.07, 6.45) is 5.19. The SMILES string of the molecule is CCCc1c[nH]cc1C(=O)c1cccc([N+](=O)[O-])c1. The van der Waals surface area contributed by atoms with Gasteiger partial charge in [-0.2, -0.15) is 0 Å². The van der Waals surface area contributed by atoms with Crippen molar-refractivity contribution in [2.75, 3.05) is 0 Å². The van der Waals surface area contributed by atoms with E-state index in [9.17, 15) is 14.9 Å². The third-order valence-corrected chi connectivity index (χ3v) is 2.91. The van der Waals surface area contributed by atoms with Crippen LogP contribution >= 0.6 is 0 Å². The molecule has 0 unspecified atom stereocenters. The molecule has 0 radical (unpaired) electrons. The highest BCUT2D eigenvalue weighted by molar-refractivity contribution is 6.10. The quantitative estimate of drug-likeness (QED) is 0.508. The molecule has 5 nitrogen and oxygen atoms in total. The Bertz CT molecular complexity index is 617. The molecule has 0 saturated carbocycles. The fourth-order valence-corrected chi connectivity index (χ4v) is 2.00. The predicted octanol–water partition coefficient (Wildman–Crippen LogP) is 3.11. The Hall–Kier alpha value is -2.43. The molecule has 1 aromatic heterocycles. The normalized spacial score (nSPS) is 10.4. The number of rotatable bonds is 5. The fraction of sp³-hybridized carbons (Fsp3) is 0.214. The number of hydrogen-bond donors (Lipinski definition) is 1. The first-order chi connectivity index (χ1) is 9.13. The van der Waals surface area contributed by atoms with E-state index in [0.717, 1.165) is 18.4 Å². The number of H-pyrrole nitrogens is 1. The molecular weight excluding hydrogens is 244 g/mol. The third kappa shape index (κ3) is 2.70. The number of hydrogen-bond acceptors (Lipinski definition) is 3. The topological polar surface area (TPSA) is 76.0 Å². The highest BCUT2D eigenvalue weighted by atomic mass is 16.6. The van der Waals surface area contributed by atoms with Crippen molar-refractivity contribution in [2.24, 2.45) is 0 Å². The number of nitrogens with zero attached hydrogens (tertiary/aromatic N) is 1. The smallest absolute Gasteiger partial charge is 0.270 e. The summed E-state index contributed by atoms with van der Waals surface area (Å²) in [4.78, 5) is 25.5. The van der Waals surface area contributed by atoms with Crippen molar-refractivity contribution in [1.29, 1.82) is 0 Å². The van der Waals surface area contributed by atoms with Crippen molar-refractivity contribution in [3.63, 3.8) is 0 Å². The highest BCUT2D eigenvalue weighted by Gasteiger charge is 2.16. The molecule has 2 aromatic rings. The molecule has 98 valence electrons. The van der Waals surface area contributed by atoms with E-state index < -0.39 is 4.92 Å². The number of aromatic nitrogens is 1. The maximum atomic E-state index is 12.3. The molecule has 5 heteroatoms. The summed E-state index contributed by atoms with van der Waals surface area (Å²) in [6.45, 7) is 2.04. The Balaban J connectivity index is 2.36. The van der Waals surface area contributed by atoms with Gasteiger partial charge in [0.2, 0.25) is 0 Å². The number of non-ortho nitro benzene ring substituents is 1. The minimum Gasteiger partial charge on any atom is -0.367 e. The molecule has 1 heterocycles. The van der Waals surface area contributed by atoms with Crippen LogP contribution in [0.25, 0.3) is 0 Å². The summed E-state index contributed by atoms with van der Waals surface area (Å²) < 4.78 is 0. The van der Waals surface area contributed by atoms with Crippen LogP contribution in [0.3, 0.4) is 0 Å². The van der Waals surface area contributed by atoms with E-state index >= 15 is 0 Å². The Morgan fingerprint density at radius 2 is 2.16 bits per heavy atom. The van der Waals surface area contributed by atoms with Gasteiger partial charge < -0.3 is 4.98 Å². The minimum atomic E-state index is -0.499. The van der Waals surface area contributed by atoms with Crippen LogP contribution in [0.15, 0.2) is 36.7 Å². The molecule has 0 atom stereocenters. The monoisotopic (exact) mass is 258 g/mol. The molecule has 1 aromatic carbocycles. The van der Waals surface area contributed by atoms with Crippen LogP contribution in [0.1, 0.15) is 34.8 Å². The lowest BCUT2D eigenvalue weighted by atomic mass is 10.00. The van der Waals surface area contributed by atoms with Crippen molar-refractivity contribution in [2.45, 2.75) is 19.8 Å². The number of nitro benzene ring substituents is 1. The zero-order valence-electron chi connectivity index (χ0n) is 10.6. The summed E-state index contributed by atoms with van der Waals surface area (Å²) in [5.74, 6) is -0.187. The molecule has 0 fully saturated rings. The second kappa shape index (κ2) is 5.48. The van der Waals surface area contributed by atoms with Gasteiger partial charge in [-0.05, 0) is 12.0 Å². The van der Waals surface area contributed by atoms with Gasteiger partial charge in [-0.25, -0.2) is 0 Å². The summed E-state index contributed by atoms with van der Waals surface area (Å²) in [5.41, 5.74) is 1.80. The molecule has 0 spiro atoms. The van der Waals surface area contributed by atoms with Gasteiger partial charge >= 0.3 is 0 Å². The average Bonchev–Trinajstić information content (AvgIpc) is 2.86. The van der Waals surface area contributed by atoms with Crippen LogP contribution in [0, 0.1) is 10.1 Å². The van der Waals surface area contributed by atoms with Crippen LogP contribution in [-0.2, 0) is 6.42 Å². The third-order valence-electron chi connectivity index (χ3n) is 2.91. The standard InChI is InChI=1S/C14H14N2O3/c1-2-4-11-8-15-9-13(11)14(17)10-5-3-6-12(7-10)16(18)19/h3,5-9,15H,2,4H2,1H3.